The largest absolute Gasteiger partial charge is 0.356 e. The molecule has 0 aliphatic carbocycles. The average molecular weight is 303 g/mol. The number of nitrogens with zero attached hydrogens (tertiary/aromatic N) is 2. The lowest BCUT2D eigenvalue weighted by molar-refractivity contribution is -0.122. The van der Waals surface area contributed by atoms with Crippen LogP contribution in [0.1, 0.15) is 39.2 Å². The van der Waals surface area contributed by atoms with Crippen molar-refractivity contribution in [3.8, 4) is 0 Å². The molecule has 0 unspecified atom stereocenters. The average Bonchev–Trinajstić information content (AvgIpc) is 3.04. The first-order valence-electron chi connectivity index (χ1n) is 6.66. The smallest absolute Gasteiger partial charge is 0.286 e. The Labute approximate surface area is 126 Å². The Bertz CT molecular complexity index is 729. The van der Waals surface area contributed by atoms with Gasteiger partial charge in [-0.1, -0.05) is 0 Å². The van der Waals surface area contributed by atoms with E-state index in [1.807, 2.05) is 19.9 Å². The van der Waals surface area contributed by atoms with Crippen molar-refractivity contribution in [2.24, 2.45) is 0 Å². The molecular weight excluding hydrogens is 286 g/mol. The number of aryl methyl sites for hydroxylation is 2. The SMILES string of the molecule is CC(=O)c1c[nH]c(C(=O)NNC(=O)Cn2nc(C)cc2C)c1. The van der Waals surface area contributed by atoms with E-state index in [0.29, 0.717) is 5.56 Å². The second kappa shape index (κ2) is 6.25. The number of hydrazine groups is 1. The number of hydrogen-bond acceptors (Lipinski definition) is 4. The molecule has 0 atom stereocenters. The number of ketones is 1. The van der Waals surface area contributed by atoms with Gasteiger partial charge in [-0.05, 0) is 32.9 Å². The standard InChI is InChI=1S/C14H17N5O3/c1-8-4-9(2)19(18-8)7-13(21)16-17-14(22)12-5-11(6-15-12)10(3)20/h4-6,15H,7H2,1-3H3,(H,16,21)(H,17,22). The zero-order valence-corrected chi connectivity index (χ0v) is 12.6. The first kappa shape index (κ1) is 15.5. The molecule has 2 amide bonds. The van der Waals surface area contributed by atoms with E-state index < -0.39 is 11.8 Å². The van der Waals surface area contributed by atoms with Crippen molar-refractivity contribution in [3.05, 3.63) is 41.0 Å². The first-order chi connectivity index (χ1) is 10.4. The van der Waals surface area contributed by atoms with E-state index in [2.05, 4.69) is 20.9 Å². The van der Waals surface area contributed by atoms with Crippen LogP contribution in [0, 0.1) is 13.8 Å². The molecule has 2 aromatic heterocycles. The molecule has 8 nitrogen and oxygen atoms in total. The molecule has 0 aromatic carbocycles. The molecule has 22 heavy (non-hydrogen) atoms. The number of carbonyl (C=O) groups excluding carboxylic acids is 3. The van der Waals surface area contributed by atoms with E-state index >= 15 is 0 Å². The van der Waals surface area contributed by atoms with Crippen molar-refractivity contribution >= 4 is 17.6 Å². The molecule has 0 aliphatic heterocycles. The number of aromatic amines is 1. The van der Waals surface area contributed by atoms with Crippen LogP contribution in [0.4, 0.5) is 0 Å². The lowest BCUT2D eigenvalue weighted by Gasteiger charge is -2.07. The van der Waals surface area contributed by atoms with Crippen molar-refractivity contribution in [1.29, 1.82) is 0 Å². The van der Waals surface area contributed by atoms with Gasteiger partial charge in [0.25, 0.3) is 11.8 Å². The molecule has 0 bridgehead atoms. The minimum atomic E-state index is -0.533. The summed E-state index contributed by atoms with van der Waals surface area (Å²) in [5.41, 5.74) is 6.84. The summed E-state index contributed by atoms with van der Waals surface area (Å²) in [5.74, 6) is -1.09. The van der Waals surface area contributed by atoms with Gasteiger partial charge >= 0.3 is 0 Å². The van der Waals surface area contributed by atoms with Crippen LogP contribution in [0.5, 0.6) is 0 Å². The topological polar surface area (TPSA) is 109 Å². The molecule has 0 aliphatic rings. The van der Waals surface area contributed by atoms with Crippen molar-refractivity contribution in [1.82, 2.24) is 25.6 Å². The molecule has 2 rings (SSSR count). The van der Waals surface area contributed by atoms with E-state index in [0.717, 1.165) is 11.4 Å². The minimum Gasteiger partial charge on any atom is -0.356 e. The van der Waals surface area contributed by atoms with Crippen LogP contribution in [-0.4, -0.2) is 32.4 Å². The predicted molar refractivity (Wildman–Crippen MR) is 78.1 cm³/mol. The van der Waals surface area contributed by atoms with Gasteiger partial charge in [-0.3, -0.25) is 29.9 Å². The maximum absolute atomic E-state index is 11.8. The highest BCUT2D eigenvalue weighted by Gasteiger charge is 2.12. The van der Waals surface area contributed by atoms with Gasteiger partial charge in [0, 0.05) is 17.5 Å². The van der Waals surface area contributed by atoms with E-state index in [1.54, 1.807) is 4.68 Å². The Hall–Kier alpha value is -2.90. The van der Waals surface area contributed by atoms with Gasteiger partial charge in [0.1, 0.15) is 12.2 Å². The fraction of sp³-hybridized carbons (Fsp3) is 0.286. The molecule has 2 aromatic rings. The van der Waals surface area contributed by atoms with Crippen LogP contribution in [-0.2, 0) is 11.3 Å². The molecule has 8 heteroatoms. The van der Waals surface area contributed by atoms with Crippen LogP contribution in [0.25, 0.3) is 0 Å². The zero-order valence-electron chi connectivity index (χ0n) is 12.6. The lowest BCUT2D eigenvalue weighted by Crippen LogP contribution is -2.43. The molecule has 116 valence electrons. The van der Waals surface area contributed by atoms with Gasteiger partial charge in [-0.15, -0.1) is 0 Å². The summed E-state index contributed by atoms with van der Waals surface area (Å²) in [6.07, 6.45) is 1.44. The van der Waals surface area contributed by atoms with Crippen LogP contribution in [0.15, 0.2) is 18.3 Å². The number of hydrogen-bond donors (Lipinski definition) is 3. The second-order valence-corrected chi connectivity index (χ2v) is 4.95. The quantitative estimate of drug-likeness (QED) is 0.564. The molecule has 3 N–H and O–H groups in total. The van der Waals surface area contributed by atoms with E-state index in [4.69, 9.17) is 0 Å². The molecule has 0 saturated carbocycles. The van der Waals surface area contributed by atoms with Crippen molar-refractivity contribution in [2.75, 3.05) is 0 Å². The third-order valence-corrected chi connectivity index (χ3v) is 3.05. The highest BCUT2D eigenvalue weighted by atomic mass is 16.2. The second-order valence-electron chi connectivity index (χ2n) is 4.95. The molecule has 0 radical (unpaired) electrons. The van der Waals surface area contributed by atoms with Gasteiger partial charge in [-0.25, -0.2) is 0 Å². The summed E-state index contributed by atoms with van der Waals surface area (Å²) in [7, 11) is 0. The number of rotatable bonds is 4. The molecule has 0 saturated heterocycles. The fourth-order valence-electron chi connectivity index (χ4n) is 1.93. The molecule has 2 heterocycles. The van der Waals surface area contributed by atoms with Gasteiger partial charge in [0.15, 0.2) is 5.78 Å². The highest BCUT2D eigenvalue weighted by molar-refractivity contribution is 5.99. The molecular formula is C14H17N5O3. The van der Waals surface area contributed by atoms with Gasteiger partial charge in [0.2, 0.25) is 0 Å². The summed E-state index contributed by atoms with van der Waals surface area (Å²) in [6.45, 7) is 5.08. The molecule has 0 fully saturated rings. The number of aromatic nitrogens is 3. The van der Waals surface area contributed by atoms with Crippen LogP contribution >= 0.6 is 0 Å². The third kappa shape index (κ3) is 3.60. The number of nitrogens with one attached hydrogen (secondary N) is 3. The number of Topliss-reactive ketones (excluding diaryl/α,β-unsaturated/α-hetero) is 1. The fourth-order valence-corrected chi connectivity index (χ4v) is 1.93. The van der Waals surface area contributed by atoms with Crippen molar-refractivity contribution in [2.45, 2.75) is 27.3 Å². The van der Waals surface area contributed by atoms with E-state index in [-0.39, 0.29) is 18.0 Å². The summed E-state index contributed by atoms with van der Waals surface area (Å²) >= 11 is 0. The highest BCUT2D eigenvalue weighted by Crippen LogP contribution is 2.04. The summed E-state index contributed by atoms with van der Waals surface area (Å²) in [6, 6.07) is 3.28. The molecule has 0 spiro atoms. The Kier molecular flexibility index (Phi) is 4.40. The van der Waals surface area contributed by atoms with Crippen LogP contribution < -0.4 is 10.9 Å². The van der Waals surface area contributed by atoms with Crippen molar-refractivity contribution < 1.29 is 14.4 Å². The third-order valence-electron chi connectivity index (χ3n) is 3.05. The van der Waals surface area contributed by atoms with Crippen LogP contribution in [0.3, 0.4) is 0 Å². The van der Waals surface area contributed by atoms with E-state index in [9.17, 15) is 14.4 Å². The summed E-state index contributed by atoms with van der Waals surface area (Å²) < 4.78 is 1.54. The van der Waals surface area contributed by atoms with E-state index in [1.165, 1.54) is 19.2 Å². The van der Waals surface area contributed by atoms with Gasteiger partial charge < -0.3 is 4.98 Å². The maximum atomic E-state index is 11.8. The maximum Gasteiger partial charge on any atom is 0.286 e. The summed E-state index contributed by atoms with van der Waals surface area (Å²) in [5, 5.41) is 4.16. The first-order valence-corrected chi connectivity index (χ1v) is 6.66. The number of H-pyrrole nitrogens is 1. The summed E-state index contributed by atoms with van der Waals surface area (Å²) in [4.78, 5) is 37.4. The Morgan fingerprint density at radius 3 is 2.50 bits per heavy atom. The van der Waals surface area contributed by atoms with Gasteiger partial charge in [-0.2, -0.15) is 5.10 Å². The Morgan fingerprint density at radius 2 is 1.95 bits per heavy atom. The van der Waals surface area contributed by atoms with Crippen LogP contribution in [0.2, 0.25) is 0 Å². The predicted octanol–water partition coefficient (Wildman–Crippen LogP) is 0.492. The lowest BCUT2D eigenvalue weighted by atomic mass is 10.2. The Morgan fingerprint density at radius 1 is 1.23 bits per heavy atom. The Balaban J connectivity index is 1.88. The number of carbonyl (C=O) groups is 3. The number of amides is 2. The van der Waals surface area contributed by atoms with Gasteiger partial charge in [0.05, 0.1) is 5.69 Å². The monoisotopic (exact) mass is 303 g/mol. The minimum absolute atomic E-state index is 0.00335. The van der Waals surface area contributed by atoms with Crippen molar-refractivity contribution in [3.63, 3.8) is 0 Å². The zero-order chi connectivity index (χ0) is 16.3. The normalized spacial score (nSPS) is 10.3.